The normalized spacial score (nSPS) is 12.1. The molecule has 0 saturated heterocycles. The molecule has 0 heterocycles. The number of hydrogen-bond acceptors (Lipinski definition) is 4. The number of amides is 2. The van der Waals surface area contributed by atoms with Gasteiger partial charge in [-0.05, 0) is 81.6 Å². The van der Waals surface area contributed by atoms with E-state index >= 15 is 0 Å². The first-order valence-corrected chi connectivity index (χ1v) is 15.3. The number of carbonyl (C=O) groups excluding carboxylic acids is 2. The highest BCUT2D eigenvalue weighted by atomic mass is 35.5. The van der Waals surface area contributed by atoms with Gasteiger partial charge in [-0.2, -0.15) is 0 Å². The van der Waals surface area contributed by atoms with E-state index in [1.165, 1.54) is 17.0 Å². The first-order valence-electron chi connectivity index (χ1n) is 13.1. The molecule has 0 saturated carbocycles. The summed E-state index contributed by atoms with van der Waals surface area (Å²) in [5.41, 5.74) is 3.43. The van der Waals surface area contributed by atoms with Crippen molar-refractivity contribution >= 4 is 50.7 Å². The van der Waals surface area contributed by atoms with E-state index in [1.807, 2.05) is 26.8 Å². The number of halogens is 2. The number of hydrogen-bond donors (Lipinski definition) is 1. The maximum absolute atomic E-state index is 14.1. The van der Waals surface area contributed by atoms with E-state index in [2.05, 4.69) is 5.32 Å². The van der Waals surface area contributed by atoms with Gasteiger partial charge in [0.15, 0.2) is 0 Å². The van der Waals surface area contributed by atoms with Gasteiger partial charge in [0, 0.05) is 28.7 Å². The van der Waals surface area contributed by atoms with Crippen molar-refractivity contribution in [3.8, 4) is 0 Å². The van der Waals surface area contributed by atoms with Gasteiger partial charge in [0.2, 0.25) is 11.8 Å². The van der Waals surface area contributed by atoms with Crippen molar-refractivity contribution in [3.63, 3.8) is 0 Å². The van der Waals surface area contributed by atoms with Gasteiger partial charge in [0.05, 0.1) is 10.6 Å². The van der Waals surface area contributed by atoms with Gasteiger partial charge in [-0.3, -0.25) is 13.9 Å². The van der Waals surface area contributed by atoms with E-state index < -0.39 is 28.5 Å². The van der Waals surface area contributed by atoms with Crippen LogP contribution in [-0.2, 0) is 26.2 Å². The van der Waals surface area contributed by atoms with Crippen LogP contribution in [0.2, 0.25) is 10.0 Å². The number of anilines is 1. The second-order valence-corrected chi connectivity index (χ2v) is 12.4. The maximum atomic E-state index is 14.1. The van der Waals surface area contributed by atoms with Crippen LogP contribution < -0.4 is 9.62 Å². The maximum Gasteiger partial charge on any atom is 0.264 e. The van der Waals surface area contributed by atoms with E-state index in [0.717, 1.165) is 21.0 Å². The van der Waals surface area contributed by atoms with Crippen LogP contribution in [0, 0.1) is 20.8 Å². The molecule has 0 aliphatic rings. The number of carbonyl (C=O) groups is 2. The Hall–Kier alpha value is -3.07. The van der Waals surface area contributed by atoms with Gasteiger partial charge in [0.1, 0.15) is 12.6 Å². The molecular weight excluding hydrogens is 569 g/mol. The Morgan fingerprint density at radius 1 is 0.875 bits per heavy atom. The summed E-state index contributed by atoms with van der Waals surface area (Å²) in [6, 6.07) is 16.0. The predicted octanol–water partition coefficient (Wildman–Crippen LogP) is 6.06. The van der Waals surface area contributed by atoms with Crippen LogP contribution in [-0.4, -0.2) is 44.3 Å². The highest BCUT2D eigenvalue weighted by Crippen LogP contribution is 2.29. The van der Waals surface area contributed by atoms with Crippen molar-refractivity contribution in [2.45, 2.75) is 58.5 Å². The van der Waals surface area contributed by atoms with Gasteiger partial charge in [0.25, 0.3) is 10.0 Å². The summed E-state index contributed by atoms with van der Waals surface area (Å²) in [6.07, 6.45) is 0.300. The van der Waals surface area contributed by atoms with Gasteiger partial charge in [-0.1, -0.05) is 60.0 Å². The molecule has 3 aromatic rings. The van der Waals surface area contributed by atoms with Crippen LogP contribution >= 0.6 is 23.2 Å². The van der Waals surface area contributed by atoms with Gasteiger partial charge in [-0.15, -0.1) is 0 Å². The second-order valence-electron chi connectivity index (χ2n) is 9.71. The molecule has 7 nitrogen and oxygen atoms in total. The second kappa shape index (κ2) is 13.5. The molecule has 0 fully saturated rings. The SMILES string of the molecule is CCNC(=O)[C@@H](CC)N(Cc1c(Cl)cccc1Cl)C(=O)CN(c1cc(C)cc(C)c1)S(=O)(=O)c1ccc(C)cc1. The lowest BCUT2D eigenvalue weighted by atomic mass is 10.1. The Labute approximate surface area is 247 Å². The fourth-order valence-electron chi connectivity index (χ4n) is 4.53. The van der Waals surface area contributed by atoms with Crippen molar-refractivity contribution in [1.29, 1.82) is 0 Å². The lowest BCUT2D eigenvalue weighted by molar-refractivity contribution is -0.140. The Morgan fingerprint density at radius 3 is 1.98 bits per heavy atom. The van der Waals surface area contributed by atoms with Gasteiger partial charge >= 0.3 is 0 Å². The molecule has 2 amide bonds. The lowest BCUT2D eigenvalue weighted by Crippen LogP contribution is -2.52. The van der Waals surface area contributed by atoms with Crippen LogP contribution in [0.25, 0.3) is 0 Å². The molecule has 1 N–H and O–H groups in total. The number of benzene rings is 3. The van der Waals surface area contributed by atoms with Crippen molar-refractivity contribution in [2.75, 3.05) is 17.4 Å². The predicted molar refractivity (Wildman–Crippen MR) is 161 cm³/mol. The minimum absolute atomic E-state index is 0.0570. The number of aryl methyl sites for hydroxylation is 3. The molecule has 10 heteroatoms. The summed E-state index contributed by atoms with van der Waals surface area (Å²) in [7, 11) is -4.15. The minimum atomic E-state index is -4.15. The van der Waals surface area contributed by atoms with Crippen molar-refractivity contribution in [2.24, 2.45) is 0 Å². The fraction of sp³-hybridized carbons (Fsp3) is 0.333. The Bertz CT molecular complexity index is 1440. The Morgan fingerprint density at radius 2 is 1.45 bits per heavy atom. The van der Waals surface area contributed by atoms with Crippen LogP contribution in [0.4, 0.5) is 5.69 Å². The number of likely N-dealkylation sites (N-methyl/N-ethyl adjacent to an activating group) is 1. The van der Waals surface area contributed by atoms with E-state index in [9.17, 15) is 18.0 Å². The minimum Gasteiger partial charge on any atom is -0.355 e. The quantitative estimate of drug-likeness (QED) is 0.289. The molecule has 3 aromatic carbocycles. The number of rotatable bonds is 11. The first kappa shape index (κ1) is 31.5. The van der Waals surface area contributed by atoms with Crippen LogP contribution in [0.3, 0.4) is 0 Å². The summed E-state index contributed by atoms with van der Waals surface area (Å²) in [4.78, 5) is 28.6. The molecule has 40 heavy (non-hydrogen) atoms. The topological polar surface area (TPSA) is 86.8 Å². The average molecular weight is 605 g/mol. The molecular formula is C30H35Cl2N3O4S. The smallest absolute Gasteiger partial charge is 0.264 e. The lowest BCUT2D eigenvalue weighted by Gasteiger charge is -2.33. The fourth-order valence-corrected chi connectivity index (χ4v) is 6.44. The van der Waals surface area contributed by atoms with Crippen LogP contribution in [0.15, 0.2) is 65.6 Å². The molecule has 214 valence electrons. The third-order valence-corrected chi connectivity index (χ3v) is 9.01. The van der Waals surface area contributed by atoms with Gasteiger partial charge < -0.3 is 10.2 Å². The third-order valence-electron chi connectivity index (χ3n) is 6.51. The van der Waals surface area contributed by atoms with Crippen molar-refractivity contribution in [3.05, 3.63) is 93.0 Å². The molecule has 1 atom stereocenters. The number of nitrogens with zero attached hydrogens (tertiary/aromatic N) is 2. The number of nitrogens with one attached hydrogen (secondary N) is 1. The van der Waals surface area contributed by atoms with E-state index in [-0.39, 0.29) is 17.3 Å². The Balaban J connectivity index is 2.13. The molecule has 0 aliphatic carbocycles. The van der Waals surface area contributed by atoms with Gasteiger partial charge in [-0.25, -0.2) is 8.42 Å². The Kier molecular flexibility index (Phi) is 10.6. The first-order chi connectivity index (χ1) is 18.9. The summed E-state index contributed by atoms with van der Waals surface area (Å²) in [6.45, 7) is 8.95. The average Bonchev–Trinajstić information content (AvgIpc) is 2.88. The summed E-state index contributed by atoms with van der Waals surface area (Å²) < 4.78 is 29.1. The zero-order valence-corrected chi connectivity index (χ0v) is 25.7. The molecule has 0 bridgehead atoms. The molecule has 0 aliphatic heterocycles. The van der Waals surface area contributed by atoms with Crippen molar-refractivity contribution < 1.29 is 18.0 Å². The highest BCUT2D eigenvalue weighted by Gasteiger charge is 2.34. The largest absolute Gasteiger partial charge is 0.355 e. The molecule has 0 aromatic heterocycles. The molecule has 3 rings (SSSR count). The zero-order valence-electron chi connectivity index (χ0n) is 23.4. The number of sulfonamides is 1. The third kappa shape index (κ3) is 7.36. The van der Waals surface area contributed by atoms with E-state index in [1.54, 1.807) is 56.3 Å². The molecule has 0 spiro atoms. The van der Waals surface area contributed by atoms with Crippen molar-refractivity contribution in [1.82, 2.24) is 10.2 Å². The van der Waals surface area contributed by atoms with Crippen LogP contribution in [0.1, 0.15) is 42.5 Å². The summed E-state index contributed by atoms with van der Waals surface area (Å²) in [5, 5.41) is 3.46. The standard InChI is InChI=1S/C30H35Cl2N3O4S/c1-6-28(30(37)33-7-2)34(18-25-26(31)9-8-10-27(25)32)29(36)19-35(23-16-21(4)15-22(5)17-23)40(38,39)24-13-11-20(3)12-14-24/h8-17,28H,6-7,18-19H2,1-5H3,(H,33,37)/t28-/m1/s1. The monoisotopic (exact) mass is 603 g/mol. The molecule has 0 radical (unpaired) electrons. The summed E-state index contributed by atoms with van der Waals surface area (Å²) >= 11 is 12.9. The van der Waals surface area contributed by atoms with E-state index in [4.69, 9.17) is 23.2 Å². The van der Waals surface area contributed by atoms with Crippen LogP contribution in [0.5, 0.6) is 0 Å². The summed E-state index contributed by atoms with van der Waals surface area (Å²) in [5.74, 6) is -0.912. The molecule has 0 unspecified atom stereocenters. The van der Waals surface area contributed by atoms with E-state index in [0.29, 0.717) is 34.3 Å². The highest BCUT2D eigenvalue weighted by molar-refractivity contribution is 7.92. The zero-order chi connectivity index (χ0) is 29.6.